The second-order valence-corrected chi connectivity index (χ2v) is 9.60. The number of ether oxygens (including phenoxy) is 2. The van der Waals surface area contributed by atoms with E-state index in [-0.39, 0.29) is 11.2 Å². The second kappa shape index (κ2) is 8.23. The number of aryl methyl sites for hydroxylation is 4. The Morgan fingerprint density at radius 2 is 1.82 bits per heavy atom. The summed E-state index contributed by atoms with van der Waals surface area (Å²) < 4.78 is 13.9. The van der Waals surface area contributed by atoms with Gasteiger partial charge in [0.2, 0.25) is 0 Å². The molecule has 33 heavy (non-hydrogen) atoms. The van der Waals surface area contributed by atoms with Crippen molar-refractivity contribution in [3.63, 3.8) is 0 Å². The van der Waals surface area contributed by atoms with Gasteiger partial charge in [-0.1, -0.05) is 23.8 Å². The van der Waals surface area contributed by atoms with Gasteiger partial charge >= 0.3 is 5.69 Å². The van der Waals surface area contributed by atoms with E-state index in [4.69, 9.17) is 9.47 Å². The SMILES string of the molecule is COc1ccc(-n2c(=O)c3c4c(sc3n(Cc3cc(C)ccc3C)c2=O)CCC4)c(OC)c1. The Hall–Kier alpha value is -3.32. The molecule has 0 atom stereocenters. The lowest BCUT2D eigenvalue weighted by Gasteiger charge is -2.16. The van der Waals surface area contributed by atoms with Crippen LogP contribution >= 0.6 is 11.3 Å². The predicted molar refractivity (Wildman–Crippen MR) is 132 cm³/mol. The van der Waals surface area contributed by atoms with Crippen molar-refractivity contribution >= 4 is 21.6 Å². The van der Waals surface area contributed by atoms with Gasteiger partial charge in [-0.15, -0.1) is 11.3 Å². The molecule has 0 saturated heterocycles. The minimum atomic E-state index is -0.364. The van der Waals surface area contributed by atoms with E-state index >= 15 is 0 Å². The lowest BCUT2D eigenvalue weighted by Crippen LogP contribution is -2.39. The number of hydrogen-bond acceptors (Lipinski definition) is 5. The zero-order chi connectivity index (χ0) is 23.3. The Morgan fingerprint density at radius 1 is 1.00 bits per heavy atom. The maximum atomic E-state index is 13.9. The zero-order valence-corrected chi connectivity index (χ0v) is 20.0. The molecule has 0 fully saturated rings. The summed E-state index contributed by atoms with van der Waals surface area (Å²) in [5.41, 5.74) is 4.19. The Morgan fingerprint density at radius 3 is 2.58 bits per heavy atom. The van der Waals surface area contributed by atoms with Crippen LogP contribution in [0.1, 0.15) is 33.6 Å². The monoisotopic (exact) mass is 462 g/mol. The summed E-state index contributed by atoms with van der Waals surface area (Å²) in [5, 5.41) is 0.662. The van der Waals surface area contributed by atoms with Crippen LogP contribution in [0.3, 0.4) is 0 Å². The van der Waals surface area contributed by atoms with Crippen LogP contribution in [0.4, 0.5) is 0 Å². The van der Waals surface area contributed by atoms with E-state index in [2.05, 4.69) is 18.2 Å². The summed E-state index contributed by atoms with van der Waals surface area (Å²) in [6.07, 6.45) is 2.86. The predicted octanol–water partition coefficient (Wildman–Crippen LogP) is 4.38. The van der Waals surface area contributed by atoms with Crippen molar-refractivity contribution in [2.45, 2.75) is 39.7 Å². The Labute approximate surface area is 195 Å². The first kappa shape index (κ1) is 21.5. The molecular weight excluding hydrogens is 436 g/mol. The van der Waals surface area contributed by atoms with E-state index in [1.165, 1.54) is 16.6 Å². The number of benzene rings is 2. The van der Waals surface area contributed by atoms with Gasteiger partial charge in [-0.2, -0.15) is 0 Å². The Kier molecular flexibility index (Phi) is 5.37. The number of thiophene rings is 1. The largest absolute Gasteiger partial charge is 0.497 e. The normalized spacial score (nSPS) is 12.8. The van der Waals surface area contributed by atoms with Crippen molar-refractivity contribution in [3.8, 4) is 17.2 Å². The minimum absolute atomic E-state index is 0.282. The number of methoxy groups -OCH3 is 2. The van der Waals surface area contributed by atoms with Crippen molar-refractivity contribution in [2.24, 2.45) is 0 Å². The summed E-state index contributed by atoms with van der Waals surface area (Å²) in [6.45, 7) is 4.50. The molecule has 0 N–H and O–H groups in total. The molecule has 0 aliphatic heterocycles. The van der Waals surface area contributed by atoms with Crippen LogP contribution < -0.4 is 20.7 Å². The van der Waals surface area contributed by atoms with Crippen LogP contribution in [-0.2, 0) is 19.4 Å². The molecule has 6 nitrogen and oxygen atoms in total. The first-order chi connectivity index (χ1) is 15.9. The molecule has 0 bridgehead atoms. The lowest BCUT2D eigenvalue weighted by atomic mass is 10.1. The van der Waals surface area contributed by atoms with Gasteiger partial charge in [-0.3, -0.25) is 9.36 Å². The van der Waals surface area contributed by atoms with Gasteiger partial charge in [0, 0.05) is 10.9 Å². The summed E-state index contributed by atoms with van der Waals surface area (Å²) in [5.74, 6) is 1.01. The molecule has 0 spiro atoms. The van der Waals surface area contributed by atoms with E-state index in [0.29, 0.717) is 29.1 Å². The Bertz CT molecular complexity index is 1510. The van der Waals surface area contributed by atoms with Crippen molar-refractivity contribution < 1.29 is 9.47 Å². The average Bonchev–Trinajstić information content (AvgIpc) is 3.40. The highest BCUT2D eigenvalue weighted by molar-refractivity contribution is 7.18. The third-order valence-corrected chi connectivity index (χ3v) is 7.76. The molecule has 2 heterocycles. The number of rotatable bonds is 5. The van der Waals surface area contributed by atoms with E-state index in [0.717, 1.165) is 46.3 Å². The molecule has 0 unspecified atom stereocenters. The summed E-state index contributed by atoms with van der Waals surface area (Å²) >= 11 is 1.59. The van der Waals surface area contributed by atoms with Crippen LogP contribution in [0, 0.1) is 13.8 Å². The quantitative estimate of drug-likeness (QED) is 0.442. The molecular formula is C26H26N2O4S. The van der Waals surface area contributed by atoms with Crippen LogP contribution in [0.15, 0.2) is 46.0 Å². The fraction of sp³-hybridized carbons (Fsp3) is 0.308. The second-order valence-electron chi connectivity index (χ2n) is 8.51. The van der Waals surface area contributed by atoms with Crippen LogP contribution in [0.2, 0.25) is 0 Å². The van der Waals surface area contributed by atoms with Gasteiger partial charge in [0.15, 0.2) is 0 Å². The van der Waals surface area contributed by atoms with Crippen LogP contribution in [0.5, 0.6) is 11.5 Å². The highest BCUT2D eigenvalue weighted by atomic mass is 32.1. The molecule has 1 aliphatic rings. The first-order valence-electron chi connectivity index (χ1n) is 11.0. The average molecular weight is 463 g/mol. The highest BCUT2D eigenvalue weighted by Crippen LogP contribution is 2.36. The minimum Gasteiger partial charge on any atom is -0.497 e. The molecule has 2 aromatic carbocycles. The van der Waals surface area contributed by atoms with Gasteiger partial charge in [0.1, 0.15) is 16.3 Å². The molecule has 0 radical (unpaired) electrons. The number of hydrogen-bond donors (Lipinski definition) is 0. The van der Waals surface area contributed by atoms with Crippen LogP contribution in [-0.4, -0.2) is 23.4 Å². The number of aromatic nitrogens is 2. The van der Waals surface area contributed by atoms with Crippen molar-refractivity contribution in [1.29, 1.82) is 0 Å². The molecule has 0 amide bonds. The standard InChI is InChI=1S/C26H26N2O4S/c1-15-8-9-16(2)17(12-15)14-27-25-23(19-6-5-7-22(19)33-25)24(29)28(26(27)30)20-11-10-18(31-3)13-21(20)32-4/h8-13H,5-7,14H2,1-4H3. The maximum Gasteiger partial charge on any atom is 0.337 e. The topological polar surface area (TPSA) is 62.5 Å². The number of fused-ring (bicyclic) bond motifs is 3. The van der Waals surface area contributed by atoms with Gasteiger partial charge in [-0.05, 0) is 61.9 Å². The molecule has 7 heteroatoms. The van der Waals surface area contributed by atoms with Gasteiger partial charge in [-0.25, -0.2) is 9.36 Å². The van der Waals surface area contributed by atoms with Gasteiger partial charge in [0.25, 0.3) is 5.56 Å². The lowest BCUT2D eigenvalue weighted by molar-refractivity contribution is 0.392. The summed E-state index contributed by atoms with van der Waals surface area (Å²) in [4.78, 5) is 29.7. The van der Waals surface area contributed by atoms with Crippen molar-refractivity contribution in [1.82, 2.24) is 9.13 Å². The van der Waals surface area contributed by atoms with E-state index in [9.17, 15) is 9.59 Å². The number of nitrogens with zero attached hydrogens (tertiary/aromatic N) is 2. The fourth-order valence-electron chi connectivity index (χ4n) is 4.67. The smallest absolute Gasteiger partial charge is 0.337 e. The molecule has 0 saturated carbocycles. The third-order valence-electron chi connectivity index (χ3n) is 6.45. The molecule has 170 valence electrons. The van der Waals surface area contributed by atoms with E-state index < -0.39 is 0 Å². The van der Waals surface area contributed by atoms with Gasteiger partial charge < -0.3 is 9.47 Å². The van der Waals surface area contributed by atoms with E-state index in [1.807, 2.05) is 13.8 Å². The fourth-order valence-corrected chi connectivity index (χ4v) is 6.04. The third kappa shape index (κ3) is 3.47. The molecule has 2 aromatic heterocycles. The van der Waals surface area contributed by atoms with Gasteiger partial charge in [0.05, 0.1) is 31.8 Å². The summed E-state index contributed by atoms with van der Waals surface area (Å²) in [7, 11) is 3.09. The molecule has 1 aliphatic carbocycles. The zero-order valence-electron chi connectivity index (χ0n) is 19.2. The molecule has 5 rings (SSSR count). The summed E-state index contributed by atoms with van der Waals surface area (Å²) in [6, 6.07) is 11.4. The Balaban J connectivity index is 1.84. The first-order valence-corrected chi connectivity index (χ1v) is 11.8. The van der Waals surface area contributed by atoms with Crippen LogP contribution in [0.25, 0.3) is 15.9 Å². The van der Waals surface area contributed by atoms with E-state index in [1.54, 1.807) is 41.2 Å². The highest BCUT2D eigenvalue weighted by Gasteiger charge is 2.26. The van der Waals surface area contributed by atoms with Crippen molar-refractivity contribution in [3.05, 3.63) is 84.4 Å². The molecule has 4 aromatic rings. The maximum absolute atomic E-state index is 13.9. The van der Waals surface area contributed by atoms with Crippen molar-refractivity contribution in [2.75, 3.05) is 14.2 Å².